The van der Waals surface area contributed by atoms with Gasteiger partial charge in [0.25, 0.3) is 5.91 Å². The molecule has 1 aliphatic rings. The van der Waals surface area contributed by atoms with Gasteiger partial charge in [0.1, 0.15) is 6.04 Å². The number of hydrogen-bond donors (Lipinski definition) is 2. The third kappa shape index (κ3) is 4.44. The van der Waals surface area contributed by atoms with Crippen LogP contribution in [0.25, 0.3) is 0 Å². The Labute approximate surface area is 151 Å². The number of imide groups is 1. The number of nitrogens with one attached hydrogen (secondary N) is 2. The Morgan fingerprint density at radius 2 is 1.81 bits per heavy atom. The lowest BCUT2D eigenvalue weighted by Crippen LogP contribution is -2.36. The molecule has 2 N–H and O–H groups in total. The van der Waals surface area contributed by atoms with Crippen molar-refractivity contribution >= 4 is 17.8 Å². The van der Waals surface area contributed by atoms with Crippen molar-refractivity contribution in [3.05, 3.63) is 66.0 Å². The van der Waals surface area contributed by atoms with Crippen LogP contribution >= 0.6 is 0 Å². The number of amides is 4. The fourth-order valence-corrected chi connectivity index (χ4v) is 2.77. The Bertz CT molecular complexity index is 780. The van der Waals surface area contributed by atoms with Crippen LogP contribution in [0.5, 0.6) is 0 Å². The highest BCUT2D eigenvalue weighted by Crippen LogP contribution is 2.11. The predicted molar refractivity (Wildman–Crippen MR) is 94.9 cm³/mol. The summed E-state index contributed by atoms with van der Waals surface area (Å²) in [6.07, 6.45) is 3.80. The molecule has 0 unspecified atom stereocenters. The first-order valence-electron chi connectivity index (χ1n) is 8.45. The molecule has 1 atom stereocenters. The van der Waals surface area contributed by atoms with Crippen molar-refractivity contribution in [1.29, 1.82) is 0 Å². The van der Waals surface area contributed by atoms with Gasteiger partial charge in [-0.2, -0.15) is 0 Å². The minimum Gasteiger partial charge on any atom is -0.352 e. The quantitative estimate of drug-likeness (QED) is 0.734. The first-order valence-corrected chi connectivity index (χ1v) is 8.45. The smallest absolute Gasteiger partial charge is 0.324 e. The van der Waals surface area contributed by atoms with Crippen molar-refractivity contribution in [3.63, 3.8) is 0 Å². The molecule has 1 saturated heterocycles. The molecular weight excluding hydrogens is 332 g/mol. The molecule has 0 bridgehead atoms. The number of aromatic nitrogens is 1. The molecule has 4 amide bonds. The molecule has 1 aromatic carbocycles. The first-order chi connectivity index (χ1) is 12.6. The second kappa shape index (κ2) is 8.24. The number of nitrogens with zero attached hydrogens (tertiary/aromatic N) is 2. The molecule has 2 aromatic rings. The number of hydrogen-bond acceptors (Lipinski definition) is 4. The van der Waals surface area contributed by atoms with E-state index in [0.29, 0.717) is 19.5 Å². The van der Waals surface area contributed by atoms with E-state index in [1.54, 1.807) is 24.5 Å². The van der Waals surface area contributed by atoms with Gasteiger partial charge in [-0.15, -0.1) is 0 Å². The topological polar surface area (TPSA) is 91.4 Å². The molecule has 1 fully saturated rings. The summed E-state index contributed by atoms with van der Waals surface area (Å²) in [5.41, 5.74) is 1.96. The van der Waals surface area contributed by atoms with E-state index in [9.17, 15) is 14.4 Å². The number of carbonyl (C=O) groups is 3. The van der Waals surface area contributed by atoms with Crippen LogP contribution in [0.15, 0.2) is 54.9 Å². The Morgan fingerprint density at radius 1 is 1.08 bits per heavy atom. The summed E-state index contributed by atoms with van der Waals surface area (Å²) < 4.78 is 0. The van der Waals surface area contributed by atoms with E-state index in [1.165, 1.54) is 4.90 Å². The lowest BCUT2D eigenvalue weighted by Gasteiger charge is -2.13. The van der Waals surface area contributed by atoms with Crippen LogP contribution < -0.4 is 10.6 Å². The van der Waals surface area contributed by atoms with Gasteiger partial charge in [-0.3, -0.25) is 19.5 Å². The van der Waals surface area contributed by atoms with E-state index in [-0.39, 0.29) is 18.2 Å². The van der Waals surface area contributed by atoms with Crippen molar-refractivity contribution in [2.24, 2.45) is 0 Å². The molecule has 7 heteroatoms. The van der Waals surface area contributed by atoms with Crippen LogP contribution in [-0.4, -0.2) is 40.3 Å². The normalized spacial score (nSPS) is 16.5. The van der Waals surface area contributed by atoms with Crippen LogP contribution in [0.3, 0.4) is 0 Å². The van der Waals surface area contributed by atoms with Crippen molar-refractivity contribution < 1.29 is 14.4 Å². The molecule has 134 valence electrons. The second-order valence-corrected chi connectivity index (χ2v) is 6.06. The fourth-order valence-electron chi connectivity index (χ4n) is 2.77. The lowest BCUT2D eigenvalue weighted by molar-refractivity contribution is -0.130. The van der Waals surface area contributed by atoms with E-state index >= 15 is 0 Å². The summed E-state index contributed by atoms with van der Waals surface area (Å²) in [6, 6.07) is 12.0. The monoisotopic (exact) mass is 352 g/mol. The van der Waals surface area contributed by atoms with Crippen LogP contribution in [0, 0.1) is 0 Å². The third-order valence-corrected chi connectivity index (χ3v) is 4.20. The van der Waals surface area contributed by atoms with Gasteiger partial charge in [-0.05, 0) is 29.7 Å². The largest absolute Gasteiger partial charge is 0.352 e. The van der Waals surface area contributed by atoms with Gasteiger partial charge >= 0.3 is 6.03 Å². The Morgan fingerprint density at radius 3 is 2.54 bits per heavy atom. The molecule has 1 aliphatic heterocycles. The molecule has 0 saturated carbocycles. The Kier molecular flexibility index (Phi) is 5.58. The molecule has 0 spiro atoms. The SMILES string of the molecule is O=C(C[C@H]1NC(=O)N(CCc2ccccc2)C1=O)NCc1ccncc1. The average molecular weight is 352 g/mol. The highest BCUT2D eigenvalue weighted by atomic mass is 16.2. The first kappa shape index (κ1) is 17.6. The molecule has 2 heterocycles. The zero-order chi connectivity index (χ0) is 18.4. The third-order valence-electron chi connectivity index (χ3n) is 4.20. The highest BCUT2D eigenvalue weighted by Gasteiger charge is 2.38. The summed E-state index contributed by atoms with van der Waals surface area (Å²) in [7, 11) is 0. The highest BCUT2D eigenvalue weighted by molar-refractivity contribution is 6.05. The maximum Gasteiger partial charge on any atom is 0.324 e. The maximum atomic E-state index is 12.4. The van der Waals surface area contributed by atoms with Gasteiger partial charge in [0.15, 0.2) is 0 Å². The molecule has 0 aliphatic carbocycles. The van der Waals surface area contributed by atoms with E-state index in [2.05, 4.69) is 15.6 Å². The minimum absolute atomic E-state index is 0.0719. The average Bonchev–Trinajstić information content (AvgIpc) is 2.93. The van der Waals surface area contributed by atoms with Crippen LogP contribution in [0.1, 0.15) is 17.5 Å². The Hall–Kier alpha value is -3.22. The van der Waals surface area contributed by atoms with Gasteiger partial charge in [-0.25, -0.2) is 4.79 Å². The van der Waals surface area contributed by atoms with Crippen molar-refractivity contribution in [2.45, 2.75) is 25.4 Å². The zero-order valence-electron chi connectivity index (χ0n) is 14.2. The molecule has 3 rings (SSSR count). The molecule has 0 radical (unpaired) electrons. The molecule has 7 nitrogen and oxygen atoms in total. The summed E-state index contributed by atoms with van der Waals surface area (Å²) in [4.78, 5) is 41.6. The van der Waals surface area contributed by atoms with Crippen molar-refractivity contribution in [1.82, 2.24) is 20.5 Å². The van der Waals surface area contributed by atoms with Gasteiger partial charge in [0.05, 0.1) is 6.42 Å². The van der Waals surface area contributed by atoms with Crippen LogP contribution in [-0.2, 0) is 22.6 Å². The summed E-state index contributed by atoms with van der Waals surface area (Å²) in [5, 5.41) is 5.33. The van der Waals surface area contributed by atoms with Gasteiger partial charge in [0.2, 0.25) is 5.91 Å². The summed E-state index contributed by atoms with van der Waals surface area (Å²) >= 11 is 0. The lowest BCUT2D eigenvalue weighted by atomic mass is 10.1. The summed E-state index contributed by atoms with van der Waals surface area (Å²) in [6.45, 7) is 0.651. The number of rotatable bonds is 7. The fraction of sp³-hybridized carbons (Fsp3) is 0.263. The van der Waals surface area contributed by atoms with Gasteiger partial charge in [-0.1, -0.05) is 30.3 Å². The van der Waals surface area contributed by atoms with E-state index in [0.717, 1.165) is 11.1 Å². The van der Waals surface area contributed by atoms with Gasteiger partial charge < -0.3 is 10.6 Å². The second-order valence-electron chi connectivity index (χ2n) is 6.06. The van der Waals surface area contributed by atoms with Gasteiger partial charge in [0, 0.05) is 25.5 Å². The van der Waals surface area contributed by atoms with Crippen molar-refractivity contribution in [3.8, 4) is 0 Å². The van der Waals surface area contributed by atoms with E-state index in [1.807, 2.05) is 30.3 Å². The number of pyridine rings is 1. The number of urea groups is 1. The number of carbonyl (C=O) groups excluding carboxylic acids is 3. The van der Waals surface area contributed by atoms with E-state index in [4.69, 9.17) is 0 Å². The minimum atomic E-state index is -0.810. The van der Waals surface area contributed by atoms with Crippen LogP contribution in [0.2, 0.25) is 0 Å². The number of benzene rings is 1. The summed E-state index contributed by atoms with van der Waals surface area (Å²) in [5.74, 6) is -0.643. The molecule has 1 aromatic heterocycles. The standard InChI is InChI=1S/C19H20N4O3/c24-17(21-13-15-6-9-20-10-7-15)12-16-18(25)23(19(26)22-16)11-8-14-4-2-1-3-5-14/h1-7,9-10,16H,8,11-13H2,(H,21,24)(H,22,26)/t16-/m1/s1. The maximum absolute atomic E-state index is 12.4. The Balaban J connectivity index is 1.49. The van der Waals surface area contributed by atoms with E-state index < -0.39 is 12.1 Å². The van der Waals surface area contributed by atoms with Crippen LogP contribution in [0.4, 0.5) is 4.79 Å². The zero-order valence-corrected chi connectivity index (χ0v) is 14.2. The molecular formula is C19H20N4O3. The predicted octanol–water partition coefficient (Wildman–Crippen LogP) is 1.25. The molecule has 26 heavy (non-hydrogen) atoms. The van der Waals surface area contributed by atoms with Crippen molar-refractivity contribution in [2.75, 3.05) is 6.54 Å².